The van der Waals surface area contributed by atoms with Crippen LogP contribution in [0, 0.1) is 11.6 Å². The van der Waals surface area contributed by atoms with Crippen LogP contribution >= 0.6 is 15.9 Å². The first-order chi connectivity index (χ1) is 9.32. The van der Waals surface area contributed by atoms with E-state index >= 15 is 0 Å². The maximum atomic E-state index is 13.9. The predicted molar refractivity (Wildman–Crippen MR) is 70.0 cm³/mol. The van der Waals surface area contributed by atoms with Crippen molar-refractivity contribution in [1.82, 2.24) is 15.0 Å². The quantitative estimate of drug-likeness (QED) is 0.867. The molecule has 1 N–H and O–H groups in total. The second kappa shape index (κ2) is 5.28. The third-order valence-electron chi connectivity index (χ3n) is 2.67. The average Bonchev–Trinajstić information content (AvgIpc) is 2.78. The monoisotopic (exact) mass is 345 g/mol. The predicted octanol–water partition coefficient (Wildman–Crippen LogP) is 3.13. The summed E-state index contributed by atoms with van der Waals surface area (Å²) in [6, 6.07) is 1.89. The largest absolute Gasteiger partial charge is 0.476 e. The van der Waals surface area contributed by atoms with Gasteiger partial charge in [0.05, 0.1) is 10.2 Å². The molecule has 1 aromatic carbocycles. The minimum absolute atomic E-state index is 0.0518. The summed E-state index contributed by atoms with van der Waals surface area (Å²) in [5.41, 5.74) is -0.0725. The van der Waals surface area contributed by atoms with Crippen LogP contribution in [-0.4, -0.2) is 26.1 Å². The molecule has 20 heavy (non-hydrogen) atoms. The van der Waals surface area contributed by atoms with Crippen LogP contribution in [0.5, 0.6) is 0 Å². The molecule has 0 fully saturated rings. The van der Waals surface area contributed by atoms with E-state index in [-0.39, 0.29) is 27.5 Å². The highest BCUT2D eigenvalue weighted by atomic mass is 79.9. The van der Waals surface area contributed by atoms with E-state index in [9.17, 15) is 13.6 Å². The summed E-state index contributed by atoms with van der Waals surface area (Å²) >= 11 is 2.96. The molecular formula is C12H10BrF2N3O2. The number of hydrogen-bond acceptors (Lipinski definition) is 3. The second-order valence-electron chi connectivity index (χ2n) is 4.41. The van der Waals surface area contributed by atoms with E-state index in [0.29, 0.717) is 6.07 Å². The normalized spacial score (nSPS) is 11.1. The van der Waals surface area contributed by atoms with Crippen LogP contribution in [-0.2, 0) is 0 Å². The summed E-state index contributed by atoms with van der Waals surface area (Å²) in [6.45, 7) is 3.47. The Morgan fingerprint density at radius 2 is 2.00 bits per heavy atom. The summed E-state index contributed by atoms with van der Waals surface area (Å²) < 4.78 is 28.2. The number of benzene rings is 1. The van der Waals surface area contributed by atoms with Gasteiger partial charge in [-0.15, -0.1) is 5.10 Å². The first kappa shape index (κ1) is 14.6. The molecular weight excluding hydrogens is 336 g/mol. The molecule has 1 heterocycles. The molecule has 0 saturated carbocycles. The molecule has 0 amide bonds. The molecule has 0 unspecified atom stereocenters. The minimum Gasteiger partial charge on any atom is -0.476 e. The third kappa shape index (κ3) is 2.43. The molecule has 0 aliphatic rings. The summed E-state index contributed by atoms with van der Waals surface area (Å²) in [5, 5.41) is 16.3. The number of hydrogen-bond donors (Lipinski definition) is 1. The van der Waals surface area contributed by atoms with Crippen LogP contribution in [0.4, 0.5) is 8.78 Å². The number of nitrogens with zero attached hydrogens (tertiary/aromatic N) is 3. The van der Waals surface area contributed by atoms with Gasteiger partial charge < -0.3 is 5.11 Å². The van der Waals surface area contributed by atoms with Gasteiger partial charge in [-0.3, -0.25) is 0 Å². The standard InChI is InChI=1S/C12H10BrF2N3O2/c1-5(2)11-10(12(19)20)16-17-18(11)9-3-6(13)7(14)4-8(9)15/h3-5H,1-2H3,(H,19,20). The summed E-state index contributed by atoms with van der Waals surface area (Å²) in [5.74, 6) is -3.11. The highest BCUT2D eigenvalue weighted by molar-refractivity contribution is 9.10. The van der Waals surface area contributed by atoms with Gasteiger partial charge in [-0.05, 0) is 27.9 Å². The van der Waals surface area contributed by atoms with Crippen LogP contribution in [0.1, 0.15) is 35.9 Å². The molecule has 106 valence electrons. The van der Waals surface area contributed by atoms with Crippen LogP contribution in [0.3, 0.4) is 0 Å². The lowest BCUT2D eigenvalue weighted by Gasteiger charge is -2.11. The van der Waals surface area contributed by atoms with Gasteiger partial charge in [0.1, 0.15) is 11.5 Å². The Labute approximate surface area is 121 Å². The van der Waals surface area contributed by atoms with Crippen LogP contribution in [0.25, 0.3) is 5.69 Å². The van der Waals surface area contributed by atoms with Crippen LogP contribution in [0.2, 0.25) is 0 Å². The molecule has 0 bridgehead atoms. The van der Waals surface area contributed by atoms with Crippen molar-refractivity contribution in [1.29, 1.82) is 0 Å². The fraction of sp³-hybridized carbons (Fsp3) is 0.250. The molecule has 8 heteroatoms. The van der Waals surface area contributed by atoms with Gasteiger partial charge in [0, 0.05) is 6.07 Å². The number of carboxylic acid groups (broad SMARTS) is 1. The van der Waals surface area contributed by atoms with Crippen molar-refractivity contribution >= 4 is 21.9 Å². The molecule has 1 aromatic heterocycles. The van der Waals surface area contributed by atoms with Gasteiger partial charge in [0.2, 0.25) is 0 Å². The van der Waals surface area contributed by atoms with Gasteiger partial charge in [-0.2, -0.15) is 0 Å². The molecule has 2 rings (SSSR count). The van der Waals surface area contributed by atoms with E-state index in [2.05, 4.69) is 26.2 Å². The van der Waals surface area contributed by atoms with Crippen molar-refractivity contribution in [3.05, 3.63) is 39.6 Å². The highest BCUT2D eigenvalue weighted by Gasteiger charge is 2.24. The van der Waals surface area contributed by atoms with E-state index in [4.69, 9.17) is 5.11 Å². The zero-order valence-electron chi connectivity index (χ0n) is 10.6. The van der Waals surface area contributed by atoms with Gasteiger partial charge in [0.15, 0.2) is 11.5 Å². The Bertz CT molecular complexity index is 686. The van der Waals surface area contributed by atoms with Crippen LogP contribution < -0.4 is 0 Å². The Balaban J connectivity index is 2.70. The SMILES string of the molecule is CC(C)c1c(C(=O)O)nnn1-c1cc(Br)c(F)cc1F. The molecule has 5 nitrogen and oxygen atoms in total. The number of rotatable bonds is 3. The van der Waals surface area contributed by atoms with Crippen molar-refractivity contribution in [3.8, 4) is 5.69 Å². The molecule has 0 spiro atoms. The van der Waals surface area contributed by atoms with E-state index < -0.39 is 17.6 Å². The summed E-state index contributed by atoms with van der Waals surface area (Å²) in [4.78, 5) is 11.1. The zero-order chi connectivity index (χ0) is 15.0. The Morgan fingerprint density at radius 1 is 1.35 bits per heavy atom. The summed E-state index contributed by atoms with van der Waals surface area (Å²) in [7, 11) is 0. The maximum Gasteiger partial charge on any atom is 0.358 e. The fourth-order valence-electron chi connectivity index (χ4n) is 1.81. The molecule has 0 aliphatic carbocycles. The molecule has 0 saturated heterocycles. The number of carbonyl (C=O) groups is 1. The highest BCUT2D eigenvalue weighted by Crippen LogP contribution is 2.26. The van der Waals surface area contributed by atoms with E-state index in [0.717, 1.165) is 4.68 Å². The van der Waals surface area contributed by atoms with Gasteiger partial charge in [-0.1, -0.05) is 19.1 Å². The van der Waals surface area contributed by atoms with Crippen molar-refractivity contribution in [2.24, 2.45) is 0 Å². The Kier molecular flexibility index (Phi) is 3.85. The van der Waals surface area contributed by atoms with Crippen molar-refractivity contribution in [3.63, 3.8) is 0 Å². The fourth-order valence-corrected chi connectivity index (χ4v) is 2.14. The maximum absolute atomic E-state index is 13.9. The Hall–Kier alpha value is -1.83. The van der Waals surface area contributed by atoms with Crippen LogP contribution in [0.15, 0.2) is 16.6 Å². The van der Waals surface area contributed by atoms with Crippen molar-refractivity contribution in [2.45, 2.75) is 19.8 Å². The smallest absolute Gasteiger partial charge is 0.358 e. The minimum atomic E-state index is -1.25. The number of halogens is 3. The topological polar surface area (TPSA) is 68.0 Å². The van der Waals surface area contributed by atoms with Crippen molar-refractivity contribution in [2.75, 3.05) is 0 Å². The van der Waals surface area contributed by atoms with Gasteiger partial charge in [-0.25, -0.2) is 18.3 Å². The van der Waals surface area contributed by atoms with Gasteiger partial charge >= 0.3 is 5.97 Å². The number of aromatic carboxylic acids is 1. The zero-order valence-corrected chi connectivity index (χ0v) is 12.1. The second-order valence-corrected chi connectivity index (χ2v) is 5.27. The molecule has 0 aliphatic heterocycles. The lowest BCUT2D eigenvalue weighted by Crippen LogP contribution is -2.10. The first-order valence-corrected chi connectivity index (χ1v) is 6.46. The molecule has 0 atom stereocenters. The van der Waals surface area contributed by atoms with E-state index in [1.54, 1.807) is 13.8 Å². The number of carboxylic acids is 1. The lowest BCUT2D eigenvalue weighted by molar-refractivity contribution is 0.0688. The third-order valence-corrected chi connectivity index (χ3v) is 3.28. The van der Waals surface area contributed by atoms with E-state index in [1.165, 1.54) is 6.07 Å². The molecule has 0 radical (unpaired) electrons. The molecule has 2 aromatic rings. The lowest BCUT2D eigenvalue weighted by atomic mass is 10.1. The Morgan fingerprint density at radius 3 is 2.55 bits per heavy atom. The van der Waals surface area contributed by atoms with Gasteiger partial charge in [0.25, 0.3) is 0 Å². The average molecular weight is 346 g/mol. The number of aromatic nitrogens is 3. The summed E-state index contributed by atoms with van der Waals surface area (Å²) in [6.07, 6.45) is 0. The first-order valence-electron chi connectivity index (χ1n) is 5.66. The van der Waals surface area contributed by atoms with Crippen molar-refractivity contribution < 1.29 is 18.7 Å². The van der Waals surface area contributed by atoms with E-state index in [1.807, 2.05) is 0 Å².